The minimum atomic E-state index is -1.24. The van der Waals surface area contributed by atoms with E-state index in [9.17, 15) is 19.2 Å². The normalized spacial score (nSPS) is 25.4. The van der Waals surface area contributed by atoms with E-state index < -0.39 is 29.8 Å². The van der Waals surface area contributed by atoms with Gasteiger partial charge in [0, 0.05) is 12.6 Å². The Bertz CT molecular complexity index is 919. The van der Waals surface area contributed by atoms with Crippen molar-refractivity contribution in [1.29, 1.82) is 0 Å². The van der Waals surface area contributed by atoms with Crippen molar-refractivity contribution in [3.05, 3.63) is 35.9 Å². The lowest BCUT2D eigenvalue weighted by Crippen LogP contribution is -2.58. The summed E-state index contributed by atoms with van der Waals surface area (Å²) in [5.41, 5.74) is 0.349. The predicted molar refractivity (Wildman–Crippen MR) is 122 cm³/mol. The second kappa shape index (κ2) is 10.3. The Morgan fingerprint density at radius 3 is 2.50 bits per heavy atom. The van der Waals surface area contributed by atoms with Crippen LogP contribution in [0.1, 0.15) is 56.9 Å². The summed E-state index contributed by atoms with van der Waals surface area (Å²) in [5.74, 6) is -0.570. The highest BCUT2D eigenvalue weighted by Crippen LogP contribution is 2.37. The van der Waals surface area contributed by atoms with Crippen LogP contribution >= 0.6 is 0 Å². The van der Waals surface area contributed by atoms with E-state index in [0.29, 0.717) is 12.8 Å². The summed E-state index contributed by atoms with van der Waals surface area (Å²) in [6.07, 6.45) is 3.84. The molecular weight excluding hydrogens is 440 g/mol. The Morgan fingerprint density at radius 2 is 1.79 bits per heavy atom. The summed E-state index contributed by atoms with van der Waals surface area (Å²) >= 11 is 0. The molecule has 4 rings (SSSR count). The molecule has 1 saturated carbocycles. The van der Waals surface area contributed by atoms with Crippen molar-refractivity contribution in [2.24, 2.45) is 0 Å². The number of fused-ring (bicyclic) bond motifs is 1. The summed E-state index contributed by atoms with van der Waals surface area (Å²) < 4.78 is 5.24. The summed E-state index contributed by atoms with van der Waals surface area (Å²) in [7, 11) is 0. The molecule has 10 heteroatoms. The molecule has 4 amide bonds. The van der Waals surface area contributed by atoms with E-state index >= 15 is 0 Å². The van der Waals surface area contributed by atoms with E-state index in [2.05, 4.69) is 16.0 Å². The average molecular weight is 473 g/mol. The zero-order chi connectivity index (χ0) is 24.1. The Balaban J connectivity index is 1.31. The van der Waals surface area contributed by atoms with Gasteiger partial charge in [0.25, 0.3) is 0 Å². The molecule has 2 saturated heterocycles. The first-order valence-electron chi connectivity index (χ1n) is 12.0. The lowest BCUT2D eigenvalue weighted by molar-refractivity contribution is -0.143. The van der Waals surface area contributed by atoms with Gasteiger partial charge in [0.05, 0.1) is 5.54 Å². The molecule has 3 fully saturated rings. The van der Waals surface area contributed by atoms with Crippen LogP contribution in [0.5, 0.6) is 0 Å². The van der Waals surface area contributed by atoms with Crippen LogP contribution in [0.25, 0.3) is 0 Å². The van der Waals surface area contributed by atoms with Crippen LogP contribution in [0.2, 0.25) is 0 Å². The highest BCUT2D eigenvalue weighted by atomic mass is 16.5. The molecule has 34 heavy (non-hydrogen) atoms. The third-order valence-electron chi connectivity index (χ3n) is 6.96. The number of amides is 4. The number of nitrogens with zero attached hydrogens (tertiary/aromatic N) is 1. The molecule has 1 aromatic rings. The minimum absolute atomic E-state index is 0.0529. The van der Waals surface area contributed by atoms with Crippen molar-refractivity contribution < 1.29 is 29.0 Å². The number of hydrogen-bond acceptors (Lipinski definition) is 5. The first-order chi connectivity index (χ1) is 16.4. The Kier molecular flexibility index (Phi) is 7.23. The van der Waals surface area contributed by atoms with Crippen molar-refractivity contribution in [3.63, 3.8) is 0 Å². The van der Waals surface area contributed by atoms with Gasteiger partial charge >= 0.3 is 12.2 Å². The molecule has 0 aromatic heterocycles. The SMILES string of the molecule is O=C(O)N[C@H]1CCCC[C@H]2CC[C@@H](C(=O)NC3(CNC(=O)OCc4ccccc4)CC3)N2C1=O. The maximum atomic E-state index is 13.2. The zero-order valence-electron chi connectivity index (χ0n) is 19.1. The van der Waals surface area contributed by atoms with Crippen molar-refractivity contribution >= 4 is 24.0 Å². The number of nitrogens with one attached hydrogen (secondary N) is 3. The fourth-order valence-electron chi connectivity index (χ4n) is 4.93. The highest BCUT2D eigenvalue weighted by Gasteiger charge is 2.49. The number of carboxylic acid groups (broad SMARTS) is 1. The van der Waals surface area contributed by atoms with Crippen LogP contribution < -0.4 is 16.0 Å². The van der Waals surface area contributed by atoms with E-state index in [1.807, 2.05) is 30.3 Å². The third kappa shape index (κ3) is 5.78. The molecule has 2 aliphatic heterocycles. The van der Waals surface area contributed by atoms with E-state index in [1.54, 1.807) is 4.90 Å². The maximum absolute atomic E-state index is 13.2. The molecule has 0 bridgehead atoms. The molecule has 0 unspecified atom stereocenters. The van der Waals surface area contributed by atoms with Gasteiger partial charge in [0.2, 0.25) is 11.8 Å². The number of carbonyl (C=O) groups excluding carboxylic acids is 3. The Morgan fingerprint density at radius 1 is 1.06 bits per heavy atom. The number of carbonyl (C=O) groups is 4. The van der Waals surface area contributed by atoms with E-state index in [4.69, 9.17) is 9.84 Å². The lowest BCUT2D eigenvalue weighted by atomic mass is 9.99. The largest absolute Gasteiger partial charge is 0.465 e. The summed E-state index contributed by atoms with van der Waals surface area (Å²) in [6.45, 7) is 0.414. The van der Waals surface area contributed by atoms with Crippen LogP contribution in [0, 0.1) is 0 Å². The van der Waals surface area contributed by atoms with Crippen molar-refractivity contribution in [2.75, 3.05) is 6.54 Å². The first-order valence-corrected chi connectivity index (χ1v) is 12.0. The van der Waals surface area contributed by atoms with Crippen molar-refractivity contribution in [2.45, 2.75) is 81.6 Å². The van der Waals surface area contributed by atoms with Crippen molar-refractivity contribution in [3.8, 4) is 0 Å². The fourth-order valence-corrected chi connectivity index (χ4v) is 4.93. The van der Waals surface area contributed by atoms with Crippen LogP contribution in [0.3, 0.4) is 0 Å². The van der Waals surface area contributed by atoms with Crippen LogP contribution in [0.4, 0.5) is 9.59 Å². The van der Waals surface area contributed by atoms with Crippen LogP contribution in [-0.4, -0.2) is 64.2 Å². The molecule has 4 N–H and O–H groups in total. The van der Waals surface area contributed by atoms with E-state index in [1.165, 1.54) is 0 Å². The predicted octanol–water partition coefficient (Wildman–Crippen LogP) is 2.13. The molecule has 1 aromatic carbocycles. The van der Waals surface area contributed by atoms with Gasteiger partial charge in [0.1, 0.15) is 18.7 Å². The second-order valence-corrected chi connectivity index (χ2v) is 9.46. The van der Waals surface area contributed by atoms with Gasteiger partial charge in [0.15, 0.2) is 0 Å². The number of hydrogen-bond donors (Lipinski definition) is 4. The second-order valence-electron chi connectivity index (χ2n) is 9.46. The minimum Gasteiger partial charge on any atom is -0.465 e. The molecule has 184 valence electrons. The number of benzene rings is 1. The fraction of sp³-hybridized carbons (Fsp3) is 0.583. The third-order valence-corrected chi connectivity index (χ3v) is 6.96. The summed E-state index contributed by atoms with van der Waals surface area (Å²) in [5, 5.41) is 17.2. The average Bonchev–Trinajstić information content (AvgIpc) is 3.45. The number of rotatable bonds is 7. The Hall–Kier alpha value is -3.30. The lowest BCUT2D eigenvalue weighted by Gasteiger charge is -2.35. The van der Waals surface area contributed by atoms with Gasteiger partial charge < -0.3 is 30.7 Å². The monoisotopic (exact) mass is 472 g/mol. The van der Waals surface area contributed by atoms with Gasteiger partial charge in [-0.15, -0.1) is 0 Å². The van der Waals surface area contributed by atoms with E-state index in [-0.39, 0.29) is 31.0 Å². The number of alkyl carbamates (subject to hydrolysis) is 1. The van der Waals surface area contributed by atoms with Crippen LogP contribution in [0.15, 0.2) is 30.3 Å². The molecule has 3 aliphatic rings. The first kappa shape index (κ1) is 23.8. The highest BCUT2D eigenvalue weighted by molar-refractivity contribution is 5.92. The molecule has 0 radical (unpaired) electrons. The van der Waals surface area contributed by atoms with Gasteiger partial charge in [-0.2, -0.15) is 0 Å². The molecular formula is C24H32N4O6. The van der Waals surface area contributed by atoms with Crippen molar-refractivity contribution in [1.82, 2.24) is 20.9 Å². The molecule has 0 spiro atoms. The number of ether oxygens (including phenoxy) is 1. The van der Waals surface area contributed by atoms with Gasteiger partial charge in [-0.25, -0.2) is 9.59 Å². The molecule has 1 aliphatic carbocycles. The van der Waals surface area contributed by atoms with Crippen LogP contribution in [-0.2, 0) is 20.9 Å². The quantitative estimate of drug-likeness (QED) is 0.480. The maximum Gasteiger partial charge on any atom is 0.407 e. The molecule has 10 nitrogen and oxygen atoms in total. The molecule has 3 atom stereocenters. The van der Waals surface area contributed by atoms with Gasteiger partial charge in [-0.05, 0) is 44.1 Å². The van der Waals surface area contributed by atoms with E-state index in [0.717, 1.165) is 44.1 Å². The topological polar surface area (TPSA) is 137 Å². The zero-order valence-corrected chi connectivity index (χ0v) is 19.1. The summed E-state index contributed by atoms with van der Waals surface area (Å²) in [6, 6.07) is 7.86. The molecule has 2 heterocycles. The standard InChI is InChI=1S/C24H32N4O6/c29-20(19-11-10-17-8-4-5-9-18(26-22(31)32)21(30)28(17)19)27-24(12-13-24)15-25-23(33)34-14-16-6-2-1-3-7-16/h1-3,6-7,17-19,26H,4-5,8-15H2,(H,25,33)(H,27,29)(H,31,32)/t17-,18-,19-/m0/s1. The van der Waals surface area contributed by atoms with Gasteiger partial charge in [-0.3, -0.25) is 9.59 Å². The summed E-state index contributed by atoms with van der Waals surface area (Å²) in [4.78, 5) is 51.2. The Labute approximate surface area is 198 Å². The van der Waals surface area contributed by atoms with Gasteiger partial charge in [-0.1, -0.05) is 43.2 Å². The smallest absolute Gasteiger partial charge is 0.407 e.